The first-order valence-corrected chi connectivity index (χ1v) is 7.07. The number of furan rings is 1. The fourth-order valence-corrected chi connectivity index (χ4v) is 1.64. The lowest BCUT2D eigenvalue weighted by atomic mass is 10.1. The maximum Gasteiger partial charge on any atom is 0.103 e. The van der Waals surface area contributed by atoms with Crippen LogP contribution < -0.4 is 5.32 Å². The Balaban J connectivity index is 2.18. The topological polar surface area (TPSA) is 25.2 Å². The summed E-state index contributed by atoms with van der Waals surface area (Å²) in [6.45, 7) is 7.82. The van der Waals surface area contributed by atoms with E-state index in [2.05, 4.69) is 32.3 Å². The number of aryl methyl sites for hydroxylation is 1. The molecule has 1 heterocycles. The summed E-state index contributed by atoms with van der Waals surface area (Å²) >= 11 is 1.90. The van der Waals surface area contributed by atoms with Gasteiger partial charge in [0.15, 0.2) is 0 Å². The van der Waals surface area contributed by atoms with Crippen LogP contribution in [0.4, 0.5) is 0 Å². The van der Waals surface area contributed by atoms with Crippen molar-refractivity contribution in [3.8, 4) is 0 Å². The average molecular weight is 241 g/mol. The van der Waals surface area contributed by atoms with Crippen molar-refractivity contribution in [3.05, 3.63) is 24.2 Å². The van der Waals surface area contributed by atoms with Crippen LogP contribution in [-0.4, -0.2) is 23.6 Å². The quantitative estimate of drug-likeness (QED) is 0.792. The number of hydrogen-bond acceptors (Lipinski definition) is 3. The summed E-state index contributed by atoms with van der Waals surface area (Å²) in [4.78, 5) is 0. The van der Waals surface area contributed by atoms with Gasteiger partial charge in [0.1, 0.15) is 5.76 Å². The number of nitrogens with one attached hydrogen (secondary N) is 1. The van der Waals surface area contributed by atoms with Gasteiger partial charge in [-0.25, -0.2) is 0 Å². The SMILES string of the molecule is CSC(C)(C)CNC(C)CCc1ccco1. The normalized spacial score (nSPS) is 14.0. The van der Waals surface area contributed by atoms with Crippen molar-refractivity contribution in [2.45, 2.75) is 44.4 Å². The van der Waals surface area contributed by atoms with Crippen LogP contribution >= 0.6 is 11.8 Å². The first-order chi connectivity index (χ1) is 7.53. The summed E-state index contributed by atoms with van der Waals surface area (Å²) in [7, 11) is 0. The van der Waals surface area contributed by atoms with Crippen molar-refractivity contribution < 1.29 is 4.42 Å². The molecule has 0 radical (unpaired) electrons. The fourth-order valence-electron chi connectivity index (χ4n) is 1.41. The van der Waals surface area contributed by atoms with Crippen molar-refractivity contribution in [3.63, 3.8) is 0 Å². The van der Waals surface area contributed by atoms with Crippen LogP contribution in [0.15, 0.2) is 22.8 Å². The first kappa shape index (κ1) is 13.7. The highest BCUT2D eigenvalue weighted by molar-refractivity contribution is 7.99. The van der Waals surface area contributed by atoms with Gasteiger partial charge < -0.3 is 9.73 Å². The molecule has 0 aliphatic heterocycles. The van der Waals surface area contributed by atoms with Crippen molar-refractivity contribution in [1.29, 1.82) is 0 Å². The standard InChI is InChI=1S/C13H23NOS/c1-11(14-10-13(2,3)16-4)7-8-12-6-5-9-15-12/h5-6,9,11,14H,7-8,10H2,1-4H3. The molecule has 2 nitrogen and oxygen atoms in total. The Morgan fingerprint density at radius 3 is 2.81 bits per heavy atom. The molecule has 1 N–H and O–H groups in total. The van der Waals surface area contributed by atoms with Crippen LogP contribution in [0.3, 0.4) is 0 Å². The Morgan fingerprint density at radius 1 is 1.50 bits per heavy atom. The number of rotatable bonds is 7. The summed E-state index contributed by atoms with van der Waals surface area (Å²) in [5, 5.41) is 3.57. The third-order valence-corrected chi connectivity index (χ3v) is 4.08. The van der Waals surface area contributed by atoms with E-state index in [1.807, 2.05) is 23.9 Å². The summed E-state index contributed by atoms with van der Waals surface area (Å²) in [6, 6.07) is 4.53. The molecule has 0 bridgehead atoms. The average Bonchev–Trinajstić information content (AvgIpc) is 2.76. The first-order valence-electron chi connectivity index (χ1n) is 5.84. The van der Waals surface area contributed by atoms with Crippen molar-refractivity contribution in [2.75, 3.05) is 12.8 Å². The lowest BCUT2D eigenvalue weighted by molar-refractivity contribution is 0.448. The van der Waals surface area contributed by atoms with Gasteiger partial charge >= 0.3 is 0 Å². The van der Waals surface area contributed by atoms with Crippen LogP contribution in [-0.2, 0) is 6.42 Å². The van der Waals surface area contributed by atoms with Gasteiger partial charge in [0.05, 0.1) is 6.26 Å². The Kier molecular flexibility index (Phi) is 5.42. The highest BCUT2D eigenvalue weighted by atomic mass is 32.2. The van der Waals surface area contributed by atoms with Crippen molar-refractivity contribution >= 4 is 11.8 Å². The van der Waals surface area contributed by atoms with Crippen LogP contribution in [0.5, 0.6) is 0 Å². The third-order valence-electron chi connectivity index (χ3n) is 2.83. The van der Waals surface area contributed by atoms with Gasteiger partial charge in [-0.05, 0) is 45.6 Å². The van der Waals surface area contributed by atoms with E-state index in [-0.39, 0.29) is 0 Å². The molecular formula is C13H23NOS. The summed E-state index contributed by atoms with van der Waals surface area (Å²) in [6.07, 6.45) is 6.04. The molecule has 3 heteroatoms. The van der Waals surface area contributed by atoms with E-state index < -0.39 is 0 Å². The largest absolute Gasteiger partial charge is 0.469 e. The molecule has 1 atom stereocenters. The molecule has 0 aromatic carbocycles. The van der Waals surface area contributed by atoms with Crippen LogP contribution in [0, 0.1) is 0 Å². The van der Waals surface area contributed by atoms with Gasteiger partial charge in [0, 0.05) is 23.8 Å². The zero-order chi connectivity index (χ0) is 12.0. The van der Waals surface area contributed by atoms with E-state index in [0.717, 1.165) is 25.1 Å². The second-order valence-corrected chi connectivity index (χ2v) is 6.38. The van der Waals surface area contributed by atoms with E-state index in [9.17, 15) is 0 Å². The van der Waals surface area contributed by atoms with Gasteiger partial charge in [-0.15, -0.1) is 0 Å². The molecule has 0 amide bonds. The zero-order valence-electron chi connectivity index (χ0n) is 10.7. The van der Waals surface area contributed by atoms with Gasteiger partial charge in [-0.2, -0.15) is 11.8 Å². The molecule has 0 saturated carbocycles. The van der Waals surface area contributed by atoms with Crippen molar-refractivity contribution in [1.82, 2.24) is 5.32 Å². The summed E-state index contributed by atoms with van der Waals surface area (Å²) in [5.41, 5.74) is 0. The van der Waals surface area contributed by atoms with E-state index >= 15 is 0 Å². The maximum absolute atomic E-state index is 5.32. The van der Waals surface area contributed by atoms with Crippen LogP contribution in [0.25, 0.3) is 0 Å². The fraction of sp³-hybridized carbons (Fsp3) is 0.692. The van der Waals surface area contributed by atoms with Gasteiger partial charge in [-0.1, -0.05) is 0 Å². The molecule has 0 aliphatic rings. The van der Waals surface area contributed by atoms with E-state index in [4.69, 9.17) is 4.42 Å². The Labute approximate surface area is 103 Å². The van der Waals surface area contributed by atoms with Crippen LogP contribution in [0.2, 0.25) is 0 Å². The second kappa shape index (κ2) is 6.36. The maximum atomic E-state index is 5.32. The van der Waals surface area contributed by atoms with E-state index in [1.54, 1.807) is 6.26 Å². The second-order valence-electron chi connectivity index (χ2n) is 4.86. The van der Waals surface area contributed by atoms with Crippen molar-refractivity contribution in [2.24, 2.45) is 0 Å². The molecule has 16 heavy (non-hydrogen) atoms. The van der Waals surface area contributed by atoms with Gasteiger partial charge in [-0.3, -0.25) is 0 Å². The Bertz CT molecular complexity index is 282. The molecule has 0 saturated heterocycles. The molecule has 1 aromatic rings. The predicted molar refractivity (Wildman–Crippen MR) is 72.1 cm³/mol. The minimum absolute atomic E-state index is 0.318. The minimum atomic E-state index is 0.318. The zero-order valence-corrected chi connectivity index (χ0v) is 11.6. The molecule has 92 valence electrons. The molecular weight excluding hydrogens is 218 g/mol. The van der Waals surface area contributed by atoms with Gasteiger partial charge in [0.25, 0.3) is 0 Å². The summed E-state index contributed by atoms with van der Waals surface area (Å²) < 4.78 is 5.64. The molecule has 1 rings (SSSR count). The molecule has 0 fully saturated rings. The molecule has 0 spiro atoms. The Morgan fingerprint density at radius 2 is 2.25 bits per heavy atom. The Hall–Kier alpha value is -0.410. The smallest absolute Gasteiger partial charge is 0.103 e. The highest BCUT2D eigenvalue weighted by Gasteiger charge is 2.16. The molecule has 0 aliphatic carbocycles. The molecule has 1 aromatic heterocycles. The predicted octanol–water partition coefficient (Wildman–Crippen LogP) is 3.33. The lowest BCUT2D eigenvalue weighted by Gasteiger charge is -2.25. The highest BCUT2D eigenvalue weighted by Crippen LogP contribution is 2.20. The number of hydrogen-bond donors (Lipinski definition) is 1. The van der Waals surface area contributed by atoms with Crippen LogP contribution in [0.1, 0.15) is 33.0 Å². The lowest BCUT2D eigenvalue weighted by Crippen LogP contribution is -2.37. The number of thioether (sulfide) groups is 1. The van der Waals surface area contributed by atoms with Gasteiger partial charge in [0.2, 0.25) is 0 Å². The summed E-state index contributed by atoms with van der Waals surface area (Å²) in [5.74, 6) is 1.08. The van der Waals surface area contributed by atoms with E-state index in [1.165, 1.54) is 0 Å². The van der Waals surface area contributed by atoms with E-state index in [0.29, 0.717) is 10.8 Å². The monoisotopic (exact) mass is 241 g/mol. The molecule has 1 unspecified atom stereocenters. The minimum Gasteiger partial charge on any atom is -0.469 e. The third kappa shape index (κ3) is 5.08.